The van der Waals surface area contributed by atoms with Crippen molar-refractivity contribution < 1.29 is 5.11 Å². The number of hydrogen-bond donors (Lipinski definition) is 1. The smallest absolute Gasteiger partial charge is 0.134 e. The number of aliphatic hydroxyl groups is 1. The minimum Gasteiger partial charge on any atom is -0.392 e. The lowest BCUT2D eigenvalue weighted by molar-refractivity contribution is 0.282. The minimum atomic E-state index is 0.0492. The van der Waals surface area contributed by atoms with Crippen molar-refractivity contribution in [3.8, 4) is 0 Å². The van der Waals surface area contributed by atoms with E-state index in [1.807, 2.05) is 30.0 Å². The molecular weight excluding hydrogens is 280 g/mol. The summed E-state index contributed by atoms with van der Waals surface area (Å²) in [6.45, 7) is 2.11. The number of fused-ring (bicyclic) bond motifs is 1. The molecule has 1 aliphatic heterocycles. The normalized spacial score (nSPS) is 19.7. The first-order chi connectivity index (χ1) is 10.3. The predicted molar refractivity (Wildman–Crippen MR) is 91.0 cm³/mol. The first kappa shape index (κ1) is 14.7. The van der Waals surface area contributed by atoms with Gasteiger partial charge in [0.2, 0.25) is 0 Å². The summed E-state index contributed by atoms with van der Waals surface area (Å²) >= 11 is 1.94. The second-order valence-corrected chi connectivity index (χ2v) is 6.76. The molecule has 112 valence electrons. The standard InChI is InChI=1S/C17H22N2OS/c1-21-15-7-4-5-9-19(11-15)17-14(12-20)10-13-6-2-3-8-16(13)18-17/h2-3,6,8,10,15,20H,4-5,7,9,11-12H2,1H3. The van der Waals surface area contributed by atoms with Gasteiger partial charge in [-0.15, -0.1) is 0 Å². The van der Waals surface area contributed by atoms with Crippen LogP contribution in [0.4, 0.5) is 5.82 Å². The van der Waals surface area contributed by atoms with Gasteiger partial charge < -0.3 is 10.0 Å². The topological polar surface area (TPSA) is 36.4 Å². The van der Waals surface area contributed by atoms with Crippen molar-refractivity contribution in [2.24, 2.45) is 0 Å². The molecule has 4 heteroatoms. The van der Waals surface area contributed by atoms with Gasteiger partial charge in [0.05, 0.1) is 12.1 Å². The molecule has 0 bridgehead atoms. The van der Waals surface area contributed by atoms with Gasteiger partial charge in [0.25, 0.3) is 0 Å². The Kier molecular flexibility index (Phi) is 4.66. The van der Waals surface area contributed by atoms with E-state index in [1.54, 1.807) is 0 Å². The largest absolute Gasteiger partial charge is 0.392 e. The number of nitrogens with zero attached hydrogens (tertiary/aromatic N) is 2. The summed E-state index contributed by atoms with van der Waals surface area (Å²) in [4.78, 5) is 7.20. The molecule has 0 saturated carbocycles. The van der Waals surface area contributed by atoms with E-state index in [0.717, 1.165) is 35.4 Å². The summed E-state index contributed by atoms with van der Waals surface area (Å²) in [5.41, 5.74) is 1.95. The maximum Gasteiger partial charge on any atom is 0.134 e. The van der Waals surface area contributed by atoms with E-state index < -0.39 is 0 Å². The molecule has 1 aromatic heterocycles. The highest BCUT2D eigenvalue weighted by Crippen LogP contribution is 2.28. The fourth-order valence-corrected chi connectivity index (χ4v) is 3.76. The van der Waals surface area contributed by atoms with E-state index >= 15 is 0 Å². The lowest BCUT2D eigenvalue weighted by Gasteiger charge is -2.26. The fourth-order valence-electron chi connectivity index (χ4n) is 3.03. The SMILES string of the molecule is CSC1CCCCN(c2nc3ccccc3cc2CO)C1. The molecule has 21 heavy (non-hydrogen) atoms. The van der Waals surface area contributed by atoms with Crippen molar-refractivity contribution in [3.05, 3.63) is 35.9 Å². The second-order valence-electron chi connectivity index (χ2n) is 5.62. The van der Waals surface area contributed by atoms with E-state index in [4.69, 9.17) is 4.98 Å². The zero-order chi connectivity index (χ0) is 14.7. The number of pyridine rings is 1. The van der Waals surface area contributed by atoms with Crippen molar-refractivity contribution in [1.29, 1.82) is 0 Å². The highest BCUT2D eigenvalue weighted by Gasteiger charge is 2.21. The molecular formula is C17H22N2OS. The summed E-state index contributed by atoms with van der Waals surface area (Å²) < 4.78 is 0. The van der Waals surface area contributed by atoms with Gasteiger partial charge in [0.1, 0.15) is 5.82 Å². The van der Waals surface area contributed by atoms with Crippen LogP contribution in [0.5, 0.6) is 0 Å². The van der Waals surface area contributed by atoms with Crippen LogP contribution in [-0.4, -0.2) is 34.7 Å². The zero-order valence-corrected chi connectivity index (χ0v) is 13.3. The Morgan fingerprint density at radius 1 is 1.33 bits per heavy atom. The van der Waals surface area contributed by atoms with Gasteiger partial charge in [0, 0.05) is 29.3 Å². The van der Waals surface area contributed by atoms with Crippen LogP contribution in [0.25, 0.3) is 10.9 Å². The summed E-state index contributed by atoms with van der Waals surface area (Å²) in [6, 6.07) is 10.2. The second kappa shape index (κ2) is 6.67. The van der Waals surface area contributed by atoms with Gasteiger partial charge >= 0.3 is 0 Å². The maximum absolute atomic E-state index is 9.73. The number of aliphatic hydroxyl groups excluding tert-OH is 1. The summed E-state index contributed by atoms with van der Waals surface area (Å²) in [5, 5.41) is 11.5. The molecule has 1 aliphatic rings. The molecule has 2 heterocycles. The molecule has 1 fully saturated rings. The molecule has 1 unspecified atom stereocenters. The molecule has 2 aromatic rings. The maximum atomic E-state index is 9.73. The zero-order valence-electron chi connectivity index (χ0n) is 12.5. The van der Waals surface area contributed by atoms with Crippen LogP contribution in [0.1, 0.15) is 24.8 Å². The van der Waals surface area contributed by atoms with Crippen LogP contribution >= 0.6 is 11.8 Å². The van der Waals surface area contributed by atoms with E-state index in [9.17, 15) is 5.11 Å². The first-order valence-corrected chi connectivity index (χ1v) is 8.88. The molecule has 3 rings (SSSR count). The third kappa shape index (κ3) is 3.16. The van der Waals surface area contributed by atoms with Gasteiger partial charge in [-0.05, 0) is 31.2 Å². The van der Waals surface area contributed by atoms with Crippen LogP contribution in [0.3, 0.4) is 0 Å². The Morgan fingerprint density at radius 3 is 3.00 bits per heavy atom. The van der Waals surface area contributed by atoms with E-state index in [1.165, 1.54) is 19.3 Å². The monoisotopic (exact) mass is 302 g/mol. The van der Waals surface area contributed by atoms with E-state index in [0.29, 0.717) is 5.25 Å². The molecule has 0 radical (unpaired) electrons. The van der Waals surface area contributed by atoms with Gasteiger partial charge in [0.15, 0.2) is 0 Å². The summed E-state index contributed by atoms with van der Waals surface area (Å²) in [6.07, 6.45) is 5.95. The number of rotatable bonds is 3. The molecule has 1 saturated heterocycles. The van der Waals surface area contributed by atoms with Crippen molar-refractivity contribution in [2.45, 2.75) is 31.1 Å². The predicted octanol–water partition coefficient (Wildman–Crippen LogP) is 3.45. The van der Waals surface area contributed by atoms with Gasteiger partial charge in [-0.2, -0.15) is 11.8 Å². The molecule has 1 aromatic carbocycles. The fraction of sp³-hybridized carbons (Fsp3) is 0.471. The molecule has 3 nitrogen and oxygen atoms in total. The highest BCUT2D eigenvalue weighted by molar-refractivity contribution is 7.99. The quantitative estimate of drug-likeness (QED) is 0.942. The number of aromatic nitrogens is 1. The number of benzene rings is 1. The van der Waals surface area contributed by atoms with Crippen molar-refractivity contribution in [1.82, 2.24) is 4.98 Å². The number of thioether (sulfide) groups is 1. The Balaban J connectivity index is 2.00. The summed E-state index contributed by atoms with van der Waals surface area (Å²) in [5.74, 6) is 0.970. The van der Waals surface area contributed by atoms with Crippen LogP contribution in [0, 0.1) is 0 Å². The van der Waals surface area contributed by atoms with Gasteiger partial charge in [-0.3, -0.25) is 0 Å². The minimum absolute atomic E-state index is 0.0492. The van der Waals surface area contributed by atoms with Gasteiger partial charge in [-0.25, -0.2) is 4.98 Å². The molecule has 1 atom stereocenters. The van der Waals surface area contributed by atoms with E-state index in [2.05, 4.69) is 23.3 Å². The average Bonchev–Trinajstić information content (AvgIpc) is 2.79. The molecule has 0 spiro atoms. The van der Waals surface area contributed by atoms with Crippen LogP contribution in [-0.2, 0) is 6.61 Å². The third-order valence-corrected chi connectivity index (χ3v) is 5.26. The van der Waals surface area contributed by atoms with Crippen LogP contribution in [0.15, 0.2) is 30.3 Å². The number of para-hydroxylation sites is 1. The Bertz CT molecular complexity index is 617. The summed E-state index contributed by atoms with van der Waals surface area (Å²) in [7, 11) is 0. The van der Waals surface area contributed by atoms with Crippen LogP contribution < -0.4 is 4.90 Å². The molecule has 0 aliphatic carbocycles. The number of hydrogen-bond acceptors (Lipinski definition) is 4. The van der Waals surface area contributed by atoms with Crippen LogP contribution in [0.2, 0.25) is 0 Å². The third-order valence-electron chi connectivity index (χ3n) is 4.21. The lowest BCUT2D eigenvalue weighted by Crippen LogP contribution is -2.31. The highest BCUT2D eigenvalue weighted by atomic mass is 32.2. The Morgan fingerprint density at radius 2 is 2.19 bits per heavy atom. The Hall–Kier alpha value is -1.26. The molecule has 1 N–H and O–H groups in total. The Labute approximate surface area is 130 Å². The van der Waals surface area contributed by atoms with E-state index in [-0.39, 0.29) is 6.61 Å². The number of anilines is 1. The first-order valence-electron chi connectivity index (χ1n) is 7.59. The van der Waals surface area contributed by atoms with Crippen molar-refractivity contribution in [2.75, 3.05) is 24.2 Å². The van der Waals surface area contributed by atoms with Crippen molar-refractivity contribution in [3.63, 3.8) is 0 Å². The van der Waals surface area contributed by atoms with Gasteiger partial charge in [-0.1, -0.05) is 24.6 Å². The average molecular weight is 302 g/mol. The molecule has 0 amide bonds. The van der Waals surface area contributed by atoms with Crippen molar-refractivity contribution >= 4 is 28.5 Å². The lowest BCUT2D eigenvalue weighted by atomic mass is 10.1.